The van der Waals surface area contributed by atoms with Gasteiger partial charge in [-0.05, 0) is 42.4 Å². The first-order valence-corrected chi connectivity index (χ1v) is 7.96. The number of Topliss-reactive ketones (excluding diaryl/α,β-unsaturated/α-hetero) is 1. The number of alkyl halides is 3. The van der Waals surface area contributed by atoms with Gasteiger partial charge in [-0.1, -0.05) is 32.9 Å². The number of carbonyl (C=O) groups is 2. The van der Waals surface area contributed by atoms with Crippen LogP contribution in [0.5, 0.6) is 0 Å². The van der Waals surface area contributed by atoms with Gasteiger partial charge in [-0.25, -0.2) is 0 Å². The van der Waals surface area contributed by atoms with Crippen LogP contribution in [0.4, 0.5) is 13.2 Å². The second-order valence-corrected chi connectivity index (χ2v) is 7.51. The number of halogens is 3. The second-order valence-electron chi connectivity index (χ2n) is 7.51. The molecular formula is C19H19F3O2. The molecule has 1 aromatic rings. The summed E-state index contributed by atoms with van der Waals surface area (Å²) in [5.74, 6) is -0.378. The van der Waals surface area contributed by atoms with Gasteiger partial charge in [0.05, 0.1) is 5.56 Å². The molecule has 2 saturated carbocycles. The molecular weight excluding hydrogens is 317 g/mol. The lowest BCUT2D eigenvalue weighted by atomic mass is 9.70. The van der Waals surface area contributed by atoms with Gasteiger partial charge in [0, 0.05) is 16.6 Å². The maximum atomic E-state index is 12.7. The Bertz CT molecular complexity index is 741. The summed E-state index contributed by atoms with van der Waals surface area (Å²) in [5, 5.41) is 0. The molecule has 0 spiro atoms. The lowest BCUT2D eigenvalue weighted by molar-refractivity contribution is -0.137. The maximum Gasteiger partial charge on any atom is 0.416 e. The van der Waals surface area contributed by atoms with E-state index in [4.69, 9.17) is 0 Å². The summed E-state index contributed by atoms with van der Waals surface area (Å²) in [4.78, 5) is 25.1. The van der Waals surface area contributed by atoms with Crippen LogP contribution in [-0.4, -0.2) is 11.6 Å². The summed E-state index contributed by atoms with van der Waals surface area (Å²) in [7, 11) is 0. The molecule has 2 aliphatic carbocycles. The highest BCUT2D eigenvalue weighted by molar-refractivity contribution is 6.13. The van der Waals surface area contributed by atoms with E-state index in [1.54, 1.807) is 0 Å². The fraction of sp³-hybridized carbons (Fsp3) is 0.474. The summed E-state index contributed by atoms with van der Waals surface area (Å²) >= 11 is 0. The average molecular weight is 336 g/mol. The molecule has 0 heterocycles. The predicted molar refractivity (Wildman–Crippen MR) is 83.5 cm³/mol. The maximum absolute atomic E-state index is 12.7. The minimum absolute atomic E-state index is 0.00371. The topological polar surface area (TPSA) is 34.1 Å². The van der Waals surface area contributed by atoms with Crippen molar-refractivity contribution in [1.82, 2.24) is 0 Å². The van der Waals surface area contributed by atoms with Crippen LogP contribution in [0.15, 0.2) is 35.9 Å². The van der Waals surface area contributed by atoms with E-state index in [0.717, 1.165) is 37.1 Å². The molecule has 2 bridgehead atoms. The van der Waals surface area contributed by atoms with Gasteiger partial charge in [-0.15, -0.1) is 0 Å². The van der Waals surface area contributed by atoms with Crippen molar-refractivity contribution in [2.45, 2.75) is 39.8 Å². The zero-order valence-electron chi connectivity index (χ0n) is 13.8. The van der Waals surface area contributed by atoms with E-state index >= 15 is 0 Å². The van der Waals surface area contributed by atoms with Gasteiger partial charge in [-0.3, -0.25) is 9.59 Å². The monoisotopic (exact) mass is 336 g/mol. The number of carbonyl (C=O) groups excluding carboxylic acids is 2. The van der Waals surface area contributed by atoms with Crippen molar-refractivity contribution in [1.29, 1.82) is 0 Å². The highest BCUT2D eigenvalue weighted by Gasteiger charge is 2.63. The van der Waals surface area contributed by atoms with Crippen LogP contribution in [0.1, 0.15) is 49.5 Å². The zero-order valence-corrected chi connectivity index (χ0v) is 13.8. The molecule has 128 valence electrons. The number of hydrogen-bond acceptors (Lipinski definition) is 2. The first-order chi connectivity index (χ1) is 11.0. The summed E-state index contributed by atoms with van der Waals surface area (Å²) in [6.07, 6.45) is -1.42. The van der Waals surface area contributed by atoms with Gasteiger partial charge in [0.2, 0.25) is 0 Å². The van der Waals surface area contributed by atoms with Crippen molar-refractivity contribution >= 4 is 11.6 Å². The smallest absolute Gasteiger partial charge is 0.294 e. The molecule has 5 heteroatoms. The van der Waals surface area contributed by atoms with Gasteiger partial charge < -0.3 is 0 Å². The molecule has 0 N–H and O–H groups in total. The SMILES string of the molecule is CC1(C)[C@@H]2CC[C@@]1(C)C(=O)C2=CC(=O)c1ccc(C(F)(F)F)cc1. The molecule has 2 aliphatic rings. The molecule has 0 saturated heterocycles. The van der Waals surface area contributed by atoms with Crippen LogP contribution in [0.2, 0.25) is 0 Å². The number of hydrogen-bond donors (Lipinski definition) is 0. The average Bonchev–Trinajstić information content (AvgIpc) is 2.80. The molecule has 2 nitrogen and oxygen atoms in total. The Labute approximate surface area is 138 Å². The van der Waals surface area contributed by atoms with E-state index in [0.29, 0.717) is 5.57 Å². The summed E-state index contributed by atoms with van der Waals surface area (Å²) in [6.45, 7) is 6.04. The largest absolute Gasteiger partial charge is 0.416 e. The third-order valence-electron chi connectivity index (χ3n) is 6.15. The van der Waals surface area contributed by atoms with Gasteiger partial charge in [-0.2, -0.15) is 13.2 Å². The quantitative estimate of drug-likeness (QED) is 0.572. The molecule has 0 unspecified atom stereocenters. The molecule has 2 fully saturated rings. The number of ketones is 2. The van der Waals surface area contributed by atoms with Crippen molar-refractivity contribution in [2.75, 3.05) is 0 Å². The molecule has 1 aromatic carbocycles. The molecule has 0 amide bonds. The highest BCUT2D eigenvalue weighted by Crippen LogP contribution is 2.65. The Balaban J connectivity index is 1.90. The number of fused-ring (bicyclic) bond motifs is 2. The standard InChI is InChI=1S/C19H19F3O2/c1-17(2)14-8-9-18(17,3)16(24)13(14)10-15(23)11-4-6-12(7-5-11)19(20,21)22/h4-7,10,14H,8-9H2,1-3H3/t14-,18+/m1/s1. The first kappa shape index (κ1) is 16.9. The Kier molecular flexibility index (Phi) is 3.56. The van der Waals surface area contributed by atoms with Crippen molar-refractivity contribution in [3.63, 3.8) is 0 Å². The molecule has 3 rings (SSSR count). The first-order valence-electron chi connectivity index (χ1n) is 7.96. The second kappa shape index (κ2) is 5.04. The molecule has 0 aromatic heterocycles. The van der Waals surface area contributed by atoms with Gasteiger partial charge in [0.1, 0.15) is 0 Å². The Morgan fingerprint density at radius 3 is 2.21 bits per heavy atom. The van der Waals surface area contributed by atoms with Crippen molar-refractivity contribution in [3.8, 4) is 0 Å². The van der Waals surface area contributed by atoms with Crippen molar-refractivity contribution in [3.05, 3.63) is 47.0 Å². The van der Waals surface area contributed by atoms with Crippen molar-refractivity contribution in [2.24, 2.45) is 16.7 Å². The van der Waals surface area contributed by atoms with Gasteiger partial charge >= 0.3 is 6.18 Å². The minimum Gasteiger partial charge on any atom is -0.294 e. The van der Waals surface area contributed by atoms with Crippen molar-refractivity contribution < 1.29 is 22.8 Å². The zero-order chi connectivity index (χ0) is 17.9. The number of benzene rings is 1. The van der Waals surface area contributed by atoms with E-state index in [-0.39, 0.29) is 22.7 Å². The van der Waals surface area contributed by atoms with E-state index < -0.39 is 22.9 Å². The molecule has 24 heavy (non-hydrogen) atoms. The normalized spacial score (nSPS) is 30.2. The van der Waals surface area contributed by atoms with E-state index in [1.165, 1.54) is 6.08 Å². The fourth-order valence-electron chi connectivity index (χ4n) is 4.14. The molecule has 0 radical (unpaired) electrons. The fourth-order valence-corrected chi connectivity index (χ4v) is 4.14. The van der Waals surface area contributed by atoms with E-state index in [9.17, 15) is 22.8 Å². The van der Waals surface area contributed by atoms with Gasteiger partial charge in [0.25, 0.3) is 0 Å². The Morgan fingerprint density at radius 1 is 1.17 bits per heavy atom. The van der Waals surface area contributed by atoms with E-state index in [1.807, 2.05) is 20.8 Å². The summed E-state index contributed by atoms with van der Waals surface area (Å²) in [5.41, 5.74) is -0.760. The summed E-state index contributed by atoms with van der Waals surface area (Å²) in [6, 6.07) is 4.10. The van der Waals surface area contributed by atoms with Crippen LogP contribution in [-0.2, 0) is 11.0 Å². The Morgan fingerprint density at radius 2 is 1.75 bits per heavy atom. The van der Waals surface area contributed by atoms with Crippen LogP contribution in [0.3, 0.4) is 0 Å². The number of rotatable bonds is 2. The molecule has 0 aliphatic heterocycles. The lowest BCUT2D eigenvalue weighted by Gasteiger charge is -2.31. The lowest BCUT2D eigenvalue weighted by Crippen LogP contribution is -2.32. The predicted octanol–water partition coefficient (Wildman–Crippen LogP) is 4.84. The van der Waals surface area contributed by atoms with Crippen LogP contribution >= 0.6 is 0 Å². The van der Waals surface area contributed by atoms with E-state index in [2.05, 4.69) is 0 Å². The van der Waals surface area contributed by atoms with Crippen LogP contribution in [0.25, 0.3) is 0 Å². The molecule has 2 atom stereocenters. The van der Waals surface area contributed by atoms with Crippen LogP contribution < -0.4 is 0 Å². The third-order valence-corrected chi connectivity index (χ3v) is 6.15. The Hall–Kier alpha value is -1.91. The minimum atomic E-state index is -4.43. The van der Waals surface area contributed by atoms with Crippen LogP contribution in [0, 0.1) is 16.7 Å². The summed E-state index contributed by atoms with van der Waals surface area (Å²) < 4.78 is 37.8. The van der Waals surface area contributed by atoms with Gasteiger partial charge in [0.15, 0.2) is 11.6 Å². The highest BCUT2D eigenvalue weighted by atomic mass is 19.4. The third kappa shape index (κ3) is 2.25. The number of allylic oxidation sites excluding steroid dienone is 2.